The van der Waals surface area contributed by atoms with Crippen LogP contribution in [0, 0.1) is 0 Å². The van der Waals surface area contributed by atoms with E-state index in [4.69, 9.17) is 5.11 Å². The van der Waals surface area contributed by atoms with Gasteiger partial charge < -0.3 is 10.4 Å². The Labute approximate surface area is 142 Å². The summed E-state index contributed by atoms with van der Waals surface area (Å²) in [6.07, 6.45) is 1.49. The summed E-state index contributed by atoms with van der Waals surface area (Å²) >= 11 is 1.76. The molecule has 1 unspecified atom stereocenters. The average Bonchev–Trinajstić information content (AvgIpc) is 2.59. The third kappa shape index (κ3) is 6.08. The van der Waals surface area contributed by atoms with Crippen molar-refractivity contribution in [2.24, 2.45) is 0 Å². The van der Waals surface area contributed by atoms with Gasteiger partial charge in [0.05, 0.1) is 0 Å². The van der Waals surface area contributed by atoms with E-state index in [9.17, 15) is 4.79 Å². The Kier molecular flexibility index (Phi) is 7.17. The summed E-state index contributed by atoms with van der Waals surface area (Å²) in [5.74, 6) is 0.861. The number of aliphatic hydroxyl groups is 1. The maximum absolute atomic E-state index is 12.1. The third-order valence-corrected chi connectivity index (χ3v) is 4.62. The molecule has 0 fully saturated rings. The molecule has 0 spiro atoms. The molecule has 2 aromatic rings. The molecule has 0 bridgehead atoms. The minimum absolute atomic E-state index is 0.0601. The van der Waals surface area contributed by atoms with Crippen LogP contribution in [-0.2, 0) is 5.75 Å². The standard InChI is InChI=1S/C19H23NO2S/c1-15(6-5-13-21)20-19(22)17-9-11-18(12-10-17)23-14-16-7-3-2-4-8-16/h2-4,7-12,15,21H,5-6,13-14H2,1H3,(H,20,22). The number of carbonyl (C=O) groups excluding carboxylic acids is 1. The summed E-state index contributed by atoms with van der Waals surface area (Å²) in [5, 5.41) is 11.8. The monoisotopic (exact) mass is 329 g/mol. The molecular weight excluding hydrogens is 306 g/mol. The first-order valence-electron chi connectivity index (χ1n) is 7.87. The van der Waals surface area contributed by atoms with E-state index < -0.39 is 0 Å². The van der Waals surface area contributed by atoms with E-state index >= 15 is 0 Å². The van der Waals surface area contributed by atoms with E-state index in [2.05, 4.69) is 17.4 Å². The fraction of sp³-hybridized carbons (Fsp3) is 0.316. The summed E-state index contributed by atoms with van der Waals surface area (Å²) in [6.45, 7) is 2.12. The molecule has 23 heavy (non-hydrogen) atoms. The molecule has 2 aromatic carbocycles. The molecule has 122 valence electrons. The predicted octanol–water partition coefficient (Wildman–Crippen LogP) is 3.87. The normalized spacial score (nSPS) is 11.9. The van der Waals surface area contributed by atoms with Gasteiger partial charge in [0.1, 0.15) is 0 Å². The second-order valence-corrected chi connectivity index (χ2v) is 6.59. The van der Waals surface area contributed by atoms with Gasteiger partial charge in [-0.1, -0.05) is 30.3 Å². The highest BCUT2D eigenvalue weighted by atomic mass is 32.2. The van der Waals surface area contributed by atoms with Crippen LogP contribution in [0.4, 0.5) is 0 Å². The molecule has 1 amide bonds. The molecule has 3 nitrogen and oxygen atoms in total. The van der Waals surface area contributed by atoms with E-state index in [0.29, 0.717) is 12.0 Å². The summed E-state index contributed by atoms with van der Waals surface area (Å²) in [5.41, 5.74) is 1.96. The smallest absolute Gasteiger partial charge is 0.251 e. The largest absolute Gasteiger partial charge is 0.396 e. The minimum atomic E-state index is -0.0601. The Morgan fingerprint density at radius 1 is 1.13 bits per heavy atom. The molecular formula is C19H23NO2S. The van der Waals surface area contributed by atoms with Gasteiger partial charge in [-0.3, -0.25) is 4.79 Å². The zero-order valence-electron chi connectivity index (χ0n) is 13.4. The number of hydrogen-bond donors (Lipinski definition) is 2. The molecule has 4 heteroatoms. The summed E-state index contributed by atoms with van der Waals surface area (Å²) < 4.78 is 0. The lowest BCUT2D eigenvalue weighted by molar-refractivity contribution is 0.0936. The first-order valence-corrected chi connectivity index (χ1v) is 8.86. The van der Waals surface area contributed by atoms with Gasteiger partial charge in [0.25, 0.3) is 5.91 Å². The van der Waals surface area contributed by atoms with Crippen molar-refractivity contribution in [3.05, 3.63) is 65.7 Å². The summed E-state index contributed by atoms with van der Waals surface area (Å²) in [6, 6.07) is 18.1. The Bertz CT molecular complexity index is 599. The molecule has 0 aliphatic rings. The number of rotatable bonds is 8. The molecule has 2 N–H and O–H groups in total. The van der Waals surface area contributed by atoms with Gasteiger partial charge in [-0.25, -0.2) is 0 Å². The fourth-order valence-electron chi connectivity index (χ4n) is 2.22. The lowest BCUT2D eigenvalue weighted by Crippen LogP contribution is -2.32. The lowest BCUT2D eigenvalue weighted by Gasteiger charge is -2.13. The van der Waals surface area contributed by atoms with Crippen LogP contribution in [0.5, 0.6) is 0 Å². The van der Waals surface area contributed by atoms with Crippen LogP contribution in [0.3, 0.4) is 0 Å². The van der Waals surface area contributed by atoms with Gasteiger partial charge in [0.2, 0.25) is 0 Å². The van der Waals surface area contributed by atoms with Crippen LogP contribution in [0.15, 0.2) is 59.5 Å². The van der Waals surface area contributed by atoms with Gasteiger partial charge >= 0.3 is 0 Å². The molecule has 0 saturated carbocycles. The second kappa shape index (κ2) is 9.38. The Morgan fingerprint density at radius 2 is 1.83 bits per heavy atom. The van der Waals surface area contributed by atoms with Gasteiger partial charge in [0.15, 0.2) is 0 Å². The molecule has 0 saturated heterocycles. The van der Waals surface area contributed by atoms with E-state index in [1.807, 2.05) is 49.4 Å². The number of thioether (sulfide) groups is 1. The quantitative estimate of drug-likeness (QED) is 0.723. The first kappa shape index (κ1) is 17.6. The average molecular weight is 329 g/mol. The zero-order valence-corrected chi connectivity index (χ0v) is 14.2. The lowest BCUT2D eigenvalue weighted by atomic mass is 10.1. The van der Waals surface area contributed by atoms with Gasteiger partial charge in [-0.15, -0.1) is 11.8 Å². The Balaban J connectivity index is 1.85. The van der Waals surface area contributed by atoms with Crippen LogP contribution >= 0.6 is 11.8 Å². The van der Waals surface area contributed by atoms with Crippen molar-refractivity contribution in [2.45, 2.75) is 36.5 Å². The molecule has 1 atom stereocenters. The molecule has 0 aliphatic carbocycles. The summed E-state index contributed by atoms with van der Waals surface area (Å²) in [4.78, 5) is 13.3. The Morgan fingerprint density at radius 3 is 2.48 bits per heavy atom. The predicted molar refractivity (Wildman–Crippen MR) is 95.7 cm³/mol. The van der Waals surface area contributed by atoms with Gasteiger partial charge in [-0.05, 0) is 49.6 Å². The zero-order chi connectivity index (χ0) is 16.5. The maximum Gasteiger partial charge on any atom is 0.251 e. The van der Waals surface area contributed by atoms with Crippen molar-refractivity contribution in [3.8, 4) is 0 Å². The first-order chi connectivity index (χ1) is 11.2. The minimum Gasteiger partial charge on any atom is -0.396 e. The second-order valence-electron chi connectivity index (χ2n) is 5.54. The van der Waals surface area contributed by atoms with Crippen molar-refractivity contribution < 1.29 is 9.90 Å². The third-order valence-electron chi connectivity index (χ3n) is 3.54. The SMILES string of the molecule is CC(CCCO)NC(=O)c1ccc(SCc2ccccc2)cc1. The van der Waals surface area contributed by atoms with Crippen LogP contribution in [0.25, 0.3) is 0 Å². The number of amides is 1. The van der Waals surface area contributed by atoms with Crippen molar-refractivity contribution >= 4 is 17.7 Å². The highest BCUT2D eigenvalue weighted by Gasteiger charge is 2.09. The number of carbonyl (C=O) groups is 1. The van der Waals surface area contributed by atoms with E-state index in [0.717, 1.165) is 17.1 Å². The van der Waals surface area contributed by atoms with Crippen LogP contribution in [-0.4, -0.2) is 23.7 Å². The van der Waals surface area contributed by atoms with E-state index in [1.54, 1.807) is 11.8 Å². The molecule has 0 aliphatic heterocycles. The number of hydrogen-bond acceptors (Lipinski definition) is 3. The molecule has 0 aromatic heterocycles. The van der Waals surface area contributed by atoms with Crippen molar-refractivity contribution in [3.63, 3.8) is 0 Å². The molecule has 2 rings (SSSR count). The molecule has 0 radical (unpaired) electrons. The van der Waals surface area contributed by atoms with Crippen LogP contribution in [0.2, 0.25) is 0 Å². The molecule has 0 heterocycles. The highest BCUT2D eigenvalue weighted by molar-refractivity contribution is 7.98. The number of nitrogens with one attached hydrogen (secondary N) is 1. The van der Waals surface area contributed by atoms with Crippen molar-refractivity contribution in [1.29, 1.82) is 0 Å². The maximum atomic E-state index is 12.1. The van der Waals surface area contributed by atoms with Gasteiger partial charge in [-0.2, -0.15) is 0 Å². The highest BCUT2D eigenvalue weighted by Crippen LogP contribution is 2.23. The van der Waals surface area contributed by atoms with Crippen LogP contribution in [0.1, 0.15) is 35.7 Å². The summed E-state index contributed by atoms with van der Waals surface area (Å²) in [7, 11) is 0. The van der Waals surface area contributed by atoms with E-state index in [-0.39, 0.29) is 18.6 Å². The van der Waals surface area contributed by atoms with E-state index in [1.165, 1.54) is 5.56 Å². The van der Waals surface area contributed by atoms with Gasteiger partial charge in [0, 0.05) is 28.9 Å². The topological polar surface area (TPSA) is 49.3 Å². The number of aliphatic hydroxyl groups excluding tert-OH is 1. The van der Waals surface area contributed by atoms with Crippen LogP contribution < -0.4 is 5.32 Å². The van der Waals surface area contributed by atoms with Crippen molar-refractivity contribution in [1.82, 2.24) is 5.32 Å². The fourth-order valence-corrected chi connectivity index (χ4v) is 3.07. The number of benzene rings is 2. The Hall–Kier alpha value is -1.78. The van der Waals surface area contributed by atoms with Crippen molar-refractivity contribution in [2.75, 3.05) is 6.61 Å².